The lowest BCUT2D eigenvalue weighted by Crippen LogP contribution is -1.89. The van der Waals surface area contributed by atoms with E-state index in [1.54, 1.807) is 12.1 Å². The molecule has 2 nitrogen and oxygen atoms in total. The van der Waals surface area contributed by atoms with Crippen molar-refractivity contribution in [2.24, 2.45) is 0 Å². The van der Waals surface area contributed by atoms with Gasteiger partial charge in [-0.2, -0.15) is 0 Å². The molecule has 2 rings (SSSR count). The van der Waals surface area contributed by atoms with E-state index >= 15 is 0 Å². The van der Waals surface area contributed by atoms with Gasteiger partial charge in [0, 0.05) is 5.39 Å². The lowest BCUT2D eigenvalue weighted by molar-refractivity contribution is 0.635. The standard InChI is InChI=1S/C8H3BrClFN2/c9-8-6(10)4-2-1-3-5(11)7(4)12-13-8/h1-3H. The van der Waals surface area contributed by atoms with Crippen molar-refractivity contribution in [3.8, 4) is 0 Å². The second-order valence-corrected chi connectivity index (χ2v) is 3.57. The molecule has 0 aliphatic carbocycles. The van der Waals surface area contributed by atoms with Gasteiger partial charge in [-0.25, -0.2) is 4.39 Å². The zero-order valence-corrected chi connectivity index (χ0v) is 8.60. The average Bonchev–Trinajstić information content (AvgIpc) is 2.12. The third-order valence-corrected chi connectivity index (χ3v) is 2.81. The molecule has 0 saturated carbocycles. The predicted octanol–water partition coefficient (Wildman–Crippen LogP) is 3.18. The molecule has 0 N–H and O–H groups in total. The summed E-state index contributed by atoms with van der Waals surface area (Å²) in [7, 11) is 0. The van der Waals surface area contributed by atoms with Gasteiger partial charge in [-0.3, -0.25) is 0 Å². The molecule has 0 atom stereocenters. The second-order valence-electron chi connectivity index (χ2n) is 2.44. The summed E-state index contributed by atoms with van der Waals surface area (Å²) in [5, 5.41) is 8.29. The zero-order chi connectivity index (χ0) is 9.42. The van der Waals surface area contributed by atoms with Gasteiger partial charge in [0.15, 0.2) is 5.82 Å². The smallest absolute Gasteiger partial charge is 0.151 e. The van der Waals surface area contributed by atoms with Crippen LogP contribution in [0.3, 0.4) is 0 Å². The van der Waals surface area contributed by atoms with Crippen LogP contribution in [0.2, 0.25) is 5.02 Å². The maximum atomic E-state index is 13.1. The Morgan fingerprint density at radius 3 is 2.85 bits per heavy atom. The predicted molar refractivity (Wildman–Crippen MR) is 52.2 cm³/mol. The zero-order valence-electron chi connectivity index (χ0n) is 6.26. The summed E-state index contributed by atoms with van der Waals surface area (Å²) < 4.78 is 13.5. The lowest BCUT2D eigenvalue weighted by Gasteiger charge is -2.00. The van der Waals surface area contributed by atoms with Crippen molar-refractivity contribution < 1.29 is 4.39 Å². The Balaban J connectivity index is 2.94. The fourth-order valence-corrected chi connectivity index (χ4v) is 1.53. The van der Waals surface area contributed by atoms with E-state index in [4.69, 9.17) is 11.6 Å². The van der Waals surface area contributed by atoms with Crippen LogP contribution >= 0.6 is 27.5 Å². The first-order valence-corrected chi connectivity index (χ1v) is 4.63. The SMILES string of the molecule is Fc1cccc2c(Cl)c(Br)nnc12. The molecule has 5 heteroatoms. The Hall–Kier alpha value is -0.740. The van der Waals surface area contributed by atoms with E-state index < -0.39 is 5.82 Å². The lowest BCUT2D eigenvalue weighted by atomic mass is 10.2. The molecule has 0 aliphatic rings. The number of halogens is 3. The number of aromatic nitrogens is 2. The van der Waals surface area contributed by atoms with Crippen LogP contribution in [-0.2, 0) is 0 Å². The van der Waals surface area contributed by atoms with Gasteiger partial charge in [0.05, 0.1) is 5.02 Å². The van der Waals surface area contributed by atoms with Crippen molar-refractivity contribution in [1.29, 1.82) is 0 Å². The van der Waals surface area contributed by atoms with Crippen LogP contribution in [0, 0.1) is 5.82 Å². The van der Waals surface area contributed by atoms with E-state index in [0.29, 0.717) is 15.0 Å². The molecule has 0 unspecified atom stereocenters. The maximum Gasteiger partial charge on any atom is 0.151 e. The van der Waals surface area contributed by atoms with E-state index in [0.717, 1.165) is 0 Å². The molecule has 0 aliphatic heterocycles. The quantitative estimate of drug-likeness (QED) is 0.728. The summed E-state index contributed by atoms with van der Waals surface area (Å²) in [5.74, 6) is -0.417. The summed E-state index contributed by atoms with van der Waals surface area (Å²) in [5.41, 5.74) is 0.190. The van der Waals surface area contributed by atoms with E-state index in [1.807, 2.05) is 0 Å². The highest BCUT2D eigenvalue weighted by molar-refractivity contribution is 9.10. The minimum Gasteiger partial charge on any atom is -0.205 e. The fourth-order valence-electron chi connectivity index (χ4n) is 1.04. The normalized spacial score (nSPS) is 10.7. The van der Waals surface area contributed by atoms with Crippen molar-refractivity contribution in [2.45, 2.75) is 0 Å². The third-order valence-electron chi connectivity index (χ3n) is 1.64. The van der Waals surface area contributed by atoms with Gasteiger partial charge in [-0.1, -0.05) is 23.7 Å². The van der Waals surface area contributed by atoms with Gasteiger partial charge >= 0.3 is 0 Å². The van der Waals surface area contributed by atoms with Crippen LogP contribution in [0.4, 0.5) is 4.39 Å². The van der Waals surface area contributed by atoms with E-state index in [-0.39, 0.29) is 5.52 Å². The molecule has 0 fully saturated rings. The van der Waals surface area contributed by atoms with Crippen molar-refractivity contribution in [1.82, 2.24) is 10.2 Å². The number of nitrogens with zero attached hydrogens (tertiary/aromatic N) is 2. The van der Waals surface area contributed by atoms with Gasteiger partial charge < -0.3 is 0 Å². The first-order chi connectivity index (χ1) is 6.20. The minimum atomic E-state index is -0.417. The fraction of sp³-hybridized carbons (Fsp3) is 0. The van der Waals surface area contributed by atoms with Crippen molar-refractivity contribution in [3.05, 3.63) is 33.6 Å². The van der Waals surface area contributed by atoms with E-state index in [9.17, 15) is 4.39 Å². The van der Waals surface area contributed by atoms with Crippen LogP contribution in [0.5, 0.6) is 0 Å². The van der Waals surface area contributed by atoms with Crippen molar-refractivity contribution in [2.75, 3.05) is 0 Å². The van der Waals surface area contributed by atoms with Crippen LogP contribution in [0.15, 0.2) is 22.8 Å². The second kappa shape index (κ2) is 3.20. The number of benzene rings is 1. The molecule has 13 heavy (non-hydrogen) atoms. The van der Waals surface area contributed by atoms with Gasteiger partial charge in [-0.05, 0) is 22.0 Å². The van der Waals surface area contributed by atoms with Crippen LogP contribution in [0.1, 0.15) is 0 Å². The average molecular weight is 261 g/mol. The summed E-state index contributed by atoms with van der Waals surface area (Å²) in [4.78, 5) is 0. The topological polar surface area (TPSA) is 25.8 Å². The van der Waals surface area contributed by atoms with Gasteiger partial charge in [-0.15, -0.1) is 10.2 Å². The molecule has 0 spiro atoms. The molecule has 2 aromatic rings. The Morgan fingerprint density at radius 2 is 2.08 bits per heavy atom. The number of rotatable bonds is 0. The van der Waals surface area contributed by atoms with Crippen LogP contribution < -0.4 is 0 Å². The van der Waals surface area contributed by atoms with E-state index in [2.05, 4.69) is 26.1 Å². The highest BCUT2D eigenvalue weighted by Gasteiger charge is 2.08. The number of hydrogen-bond acceptors (Lipinski definition) is 2. The van der Waals surface area contributed by atoms with Gasteiger partial charge in [0.1, 0.15) is 10.1 Å². The molecule has 0 bridgehead atoms. The Morgan fingerprint density at radius 1 is 1.31 bits per heavy atom. The summed E-state index contributed by atoms with van der Waals surface area (Å²) in [6.45, 7) is 0. The highest BCUT2D eigenvalue weighted by Crippen LogP contribution is 2.28. The van der Waals surface area contributed by atoms with Crippen LogP contribution in [-0.4, -0.2) is 10.2 Å². The first-order valence-electron chi connectivity index (χ1n) is 3.46. The molecule has 1 aromatic carbocycles. The maximum absolute atomic E-state index is 13.1. The number of fused-ring (bicyclic) bond motifs is 1. The molecule has 0 radical (unpaired) electrons. The molecule has 66 valence electrons. The molecule has 1 heterocycles. The Bertz CT molecular complexity index is 475. The Labute approximate surface area is 86.9 Å². The highest BCUT2D eigenvalue weighted by atomic mass is 79.9. The largest absolute Gasteiger partial charge is 0.205 e. The van der Waals surface area contributed by atoms with Crippen molar-refractivity contribution in [3.63, 3.8) is 0 Å². The third kappa shape index (κ3) is 1.40. The molecule has 0 amide bonds. The van der Waals surface area contributed by atoms with Gasteiger partial charge in [0.2, 0.25) is 0 Å². The minimum absolute atomic E-state index is 0.190. The monoisotopic (exact) mass is 260 g/mol. The first kappa shape index (κ1) is 8.84. The van der Waals surface area contributed by atoms with Crippen molar-refractivity contribution >= 4 is 38.4 Å². The molecular formula is C8H3BrClFN2. The Kier molecular flexibility index (Phi) is 2.17. The molecular weight excluding hydrogens is 258 g/mol. The van der Waals surface area contributed by atoms with E-state index in [1.165, 1.54) is 6.07 Å². The number of hydrogen-bond donors (Lipinski definition) is 0. The summed E-state index contributed by atoms with van der Waals surface area (Å²) in [6, 6.07) is 4.60. The molecule has 0 saturated heterocycles. The van der Waals surface area contributed by atoms with Crippen LogP contribution in [0.25, 0.3) is 10.9 Å². The summed E-state index contributed by atoms with van der Waals surface area (Å²) in [6.07, 6.45) is 0. The molecule has 1 aromatic heterocycles. The van der Waals surface area contributed by atoms with Gasteiger partial charge in [0.25, 0.3) is 0 Å². The summed E-state index contributed by atoms with van der Waals surface area (Å²) >= 11 is 8.99.